The molecule has 0 unspecified atom stereocenters. The number of para-hydroxylation sites is 2. The average molecular weight is 359 g/mol. The second kappa shape index (κ2) is 8.45. The van der Waals surface area contributed by atoms with Crippen LogP contribution in [0.2, 0.25) is 0 Å². The summed E-state index contributed by atoms with van der Waals surface area (Å²) >= 11 is 0. The van der Waals surface area contributed by atoms with Crippen molar-refractivity contribution in [1.82, 2.24) is 10.2 Å². The van der Waals surface area contributed by atoms with E-state index in [1.54, 1.807) is 48.5 Å². The van der Waals surface area contributed by atoms with E-state index in [1.807, 2.05) is 19.1 Å². The molecule has 134 valence electrons. The number of amides is 1. The Labute approximate surface area is 156 Å². The summed E-state index contributed by atoms with van der Waals surface area (Å²) in [6, 6.07) is 19.4. The number of hydrogen-bond donors (Lipinski definition) is 2. The van der Waals surface area contributed by atoms with Crippen LogP contribution in [-0.4, -0.2) is 22.7 Å². The highest BCUT2D eigenvalue weighted by molar-refractivity contribution is 6.03. The number of anilines is 3. The predicted octanol–water partition coefficient (Wildman–Crippen LogP) is 3.74. The molecule has 0 bridgehead atoms. The monoisotopic (exact) mass is 359 g/mol. The van der Waals surface area contributed by atoms with E-state index in [-0.39, 0.29) is 11.6 Å². The molecule has 3 rings (SSSR count). The fourth-order valence-corrected chi connectivity index (χ4v) is 2.33. The molecule has 0 saturated heterocycles. The van der Waals surface area contributed by atoms with Crippen LogP contribution in [0.4, 0.5) is 17.2 Å². The van der Waals surface area contributed by atoms with Crippen molar-refractivity contribution in [2.45, 2.75) is 6.92 Å². The van der Waals surface area contributed by atoms with Gasteiger partial charge in [-0.1, -0.05) is 12.1 Å². The van der Waals surface area contributed by atoms with Crippen molar-refractivity contribution >= 4 is 23.1 Å². The van der Waals surface area contributed by atoms with Gasteiger partial charge in [0.2, 0.25) is 0 Å². The third-order valence-electron chi connectivity index (χ3n) is 3.62. The number of hydrogen-bond acceptors (Lipinski definition) is 6. The molecule has 1 aromatic heterocycles. The molecule has 0 saturated carbocycles. The Hall–Kier alpha value is -3.92. The number of nitrogens with one attached hydrogen (secondary N) is 2. The number of ether oxygens (including phenoxy) is 1. The third kappa shape index (κ3) is 4.58. The lowest BCUT2D eigenvalue weighted by atomic mass is 10.2. The van der Waals surface area contributed by atoms with E-state index in [4.69, 9.17) is 10.00 Å². The van der Waals surface area contributed by atoms with Gasteiger partial charge in [-0.05, 0) is 55.5 Å². The number of nitrogens with zero attached hydrogens (tertiary/aromatic N) is 3. The first-order valence-corrected chi connectivity index (χ1v) is 8.33. The van der Waals surface area contributed by atoms with E-state index < -0.39 is 0 Å². The average Bonchev–Trinajstić information content (AvgIpc) is 2.71. The summed E-state index contributed by atoms with van der Waals surface area (Å²) in [5.74, 6) is 0.714. The van der Waals surface area contributed by atoms with Gasteiger partial charge in [0.25, 0.3) is 5.91 Å². The van der Waals surface area contributed by atoms with Gasteiger partial charge in [-0.15, -0.1) is 10.2 Å². The summed E-state index contributed by atoms with van der Waals surface area (Å²) in [4.78, 5) is 12.4. The van der Waals surface area contributed by atoms with Gasteiger partial charge < -0.3 is 15.4 Å². The molecule has 0 aliphatic carbocycles. The molecule has 1 amide bonds. The number of nitriles is 1. The summed E-state index contributed by atoms with van der Waals surface area (Å²) in [5.41, 5.74) is 2.11. The minimum Gasteiger partial charge on any atom is -0.492 e. The van der Waals surface area contributed by atoms with Gasteiger partial charge in [-0.25, -0.2) is 0 Å². The highest BCUT2D eigenvalue weighted by Gasteiger charge is 2.11. The van der Waals surface area contributed by atoms with Gasteiger partial charge in [0.1, 0.15) is 5.75 Å². The lowest BCUT2D eigenvalue weighted by Gasteiger charge is -2.11. The smallest absolute Gasteiger partial charge is 0.276 e. The molecule has 3 aromatic rings. The van der Waals surface area contributed by atoms with E-state index in [1.165, 1.54) is 0 Å². The standard InChI is InChI=1S/C20H17N5O2/c1-2-27-18-6-4-3-5-16(18)23-20(26)17-11-12-19(25-24-17)22-15-9-7-14(13-21)8-10-15/h3-12H,2H2,1H3,(H,22,25)(H,23,26). The number of carbonyl (C=O) groups is 1. The topological polar surface area (TPSA) is 99.9 Å². The van der Waals surface area contributed by atoms with E-state index in [0.29, 0.717) is 29.4 Å². The molecule has 1 heterocycles. The molecule has 0 aliphatic rings. The van der Waals surface area contributed by atoms with Crippen LogP contribution in [0.3, 0.4) is 0 Å². The van der Waals surface area contributed by atoms with Crippen LogP contribution in [0.15, 0.2) is 60.7 Å². The van der Waals surface area contributed by atoms with Crippen LogP contribution in [0.5, 0.6) is 5.75 Å². The quantitative estimate of drug-likeness (QED) is 0.695. The fourth-order valence-electron chi connectivity index (χ4n) is 2.33. The number of aromatic nitrogens is 2. The first-order valence-electron chi connectivity index (χ1n) is 8.33. The van der Waals surface area contributed by atoms with Gasteiger partial charge in [-0.2, -0.15) is 5.26 Å². The lowest BCUT2D eigenvalue weighted by molar-refractivity contribution is 0.102. The minimum absolute atomic E-state index is 0.187. The molecule has 27 heavy (non-hydrogen) atoms. The summed E-state index contributed by atoms with van der Waals surface area (Å²) in [6.07, 6.45) is 0. The Morgan fingerprint density at radius 3 is 2.52 bits per heavy atom. The number of rotatable bonds is 6. The molecule has 2 aromatic carbocycles. The lowest BCUT2D eigenvalue weighted by Crippen LogP contribution is -2.15. The summed E-state index contributed by atoms with van der Waals surface area (Å²) < 4.78 is 5.49. The normalized spacial score (nSPS) is 9.93. The van der Waals surface area contributed by atoms with E-state index in [2.05, 4.69) is 26.9 Å². The van der Waals surface area contributed by atoms with Crippen LogP contribution in [0.25, 0.3) is 0 Å². The Morgan fingerprint density at radius 2 is 1.85 bits per heavy atom. The second-order valence-electron chi connectivity index (χ2n) is 5.50. The Morgan fingerprint density at radius 1 is 1.07 bits per heavy atom. The van der Waals surface area contributed by atoms with E-state index in [9.17, 15) is 4.79 Å². The number of benzene rings is 2. The third-order valence-corrected chi connectivity index (χ3v) is 3.62. The van der Waals surface area contributed by atoms with Crippen LogP contribution in [-0.2, 0) is 0 Å². The maximum absolute atomic E-state index is 12.4. The summed E-state index contributed by atoms with van der Waals surface area (Å²) in [6.45, 7) is 2.38. The summed E-state index contributed by atoms with van der Waals surface area (Å²) in [5, 5.41) is 22.6. The van der Waals surface area contributed by atoms with Gasteiger partial charge in [-0.3, -0.25) is 4.79 Å². The van der Waals surface area contributed by atoms with Gasteiger partial charge >= 0.3 is 0 Å². The van der Waals surface area contributed by atoms with Crippen molar-refractivity contribution in [3.05, 3.63) is 71.9 Å². The Kier molecular flexibility index (Phi) is 5.60. The molecule has 7 heteroatoms. The van der Waals surface area contributed by atoms with Crippen LogP contribution in [0, 0.1) is 11.3 Å². The summed E-state index contributed by atoms with van der Waals surface area (Å²) in [7, 11) is 0. The number of carbonyl (C=O) groups excluding carboxylic acids is 1. The van der Waals surface area contributed by atoms with Crippen molar-refractivity contribution in [3.8, 4) is 11.8 Å². The van der Waals surface area contributed by atoms with Crippen LogP contribution in [0.1, 0.15) is 23.0 Å². The Bertz CT molecular complexity index is 963. The molecule has 0 radical (unpaired) electrons. The molecular weight excluding hydrogens is 342 g/mol. The van der Waals surface area contributed by atoms with Crippen molar-refractivity contribution in [2.75, 3.05) is 17.2 Å². The molecule has 7 nitrogen and oxygen atoms in total. The largest absolute Gasteiger partial charge is 0.492 e. The molecule has 0 spiro atoms. The zero-order valence-corrected chi connectivity index (χ0v) is 14.6. The molecule has 2 N–H and O–H groups in total. The van der Waals surface area contributed by atoms with Gasteiger partial charge in [0.05, 0.1) is 23.9 Å². The maximum Gasteiger partial charge on any atom is 0.276 e. The van der Waals surface area contributed by atoms with Crippen molar-refractivity contribution in [3.63, 3.8) is 0 Å². The molecule has 0 atom stereocenters. The molecular formula is C20H17N5O2. The van der Waals surface area contributed by atoms with Crippen molar-refractivity contribution in [2.24, 2.45) is 0 Å². The van der Waals surface area contributed by atoms with Gasteiger partial charge in [0, 0.05) is 5.69 Å². The van der Waals surface area contributed by atoms with Crippen molar-refractivity contribution in [1.29, 1.82) is 5.26 Å². The minimum atomic E-state index is -0.375. The van der Waals surface area contributed by atoms with Gasteiger partial charge in [0.15, 0.2) is 11.5 Å². The van der Waals surface area contributed by atoms with Crippen LogP contribution >= 0.6 is 0 Å². The highest BCUT2D eigenvalue weighted by Crippen LogP contribution is 2.24. The zero-order valence-electron chi connectivity index (χ0n) is 14.6. The van der Waals surface area contributed by atoms with Crippen LogP contribution < -0.4 is 15.4 Å². The molecule has 0 aliphatic heterocycles. The van der Waals surface area contributed by atoms with E-state index >= 15 is 0 Å². The van der Waals surface area contributed by atoms with E-state index in [0.717, 1.165) is 5.69 Å². The molecule has 0 fully saturated rings. The zero-order chi connectivity index (χ0) is 19.1. The van der Waals surface area contributed by atoms with Crippen molar-refractivity contribution < 1.29 is 9.53 Å². The predicted molar refractivity (Wildman–Crippen MR) is 102 cm³/mol. The SMILES string of the molecule is CCOc1ccccc1NC(=O)c1ccc(Nc2ccc(C#N)cc2)nn1. The Balaban J connectivity index is 1.67. The fraction of sp³-hybridized carbons (Fsp3) is 0.100. The maximum atomic E-state index is 12.4. The second-order valence-corrected chi connectivity index (χ2v) is 5.50. The first-order chi connectivity index (χ1) is 13.2. The highest BCUT2D eigenvalue weighted by atomic mass is 16.5. The first kappa shape index (κ1) is 17.9.